The van der Waals surface area contributed by atoms with E-state index in [1.54, 1.807) is 24.1 Å². The lowest BCUT2D eigenvalue weighted by atomic mass is 9.95. The van der Waals surface area contributed by atoms with E-state index in [1.807, 2.05) is 43.3 Å². The quantitative estimate of drug-likeness (QED) is 0.567. The molecule has 5 nitrogen and oxygen atoms in total. The molecular weight excluding hydrogens is 424 g/mol. The minimum atomic E-state index is -0.515. The van der Waals surface area contributed by atoms with E-state index in [9.17, 15) is 9.59 Å². The monoisotopic (exact) mass is 456 g/mol. The topological polar surface area (TPSA) is 58.6 Å². The Kier molecular flexibility index (Phi) is 8.98. The third-order valence-electron chi connectivity index (χ3n) is 6.12. The van der Waals surface area contributed by atoms with Crippen molar-refractivity contribution in [1.29, 1.82) is 0 Å². The molecule has 0 bridgehead atoms. The van der Waals surface area contributed by atoms with Crippen molar-refractivity contribution in [3.05, 3.63) is 64.7 Å². The van der Waals surface area contributed by atoms with E-state index in [0.717, 1.165) is 42.6 Å². The van der Waals surface area contributed by atoms with Crippen LogP contribution in [-0.4, -0.2) is 35.9 Å². The fraction of sp³-hybridized carbons (Fsp3) is 0.462. The van der Waals surface area contributed by atoms with Crippen molar-refractivity contribution in [3.63, 3.8) is 0 Å². The van der Waals surface area contributed by atoms with Crippen LogP contribution < -0.4 is 10.1 Å². The minimum absolute atomic E-state index is 0.0580. The SMILES string of the molecule is CC[C@H](C(=O)NC1CCCCC1)N(Cc1ccc(OC)cc1)C(=O)Cc1ccc(Cl)cc1. The molecule has 1 saturated carbocycles. The van der Waals surface area contributed by atoms with Crippen molar-refractivity contribution >= 4 is 23.4 Å². The molecule has 0 aromatic heterocycles. The van der Waals surface area contributed by atoms with Crippen LogP contribution in [0.15, 0.2) is 48.5 Å². The lowest BCUT2D eigenvalue weighted by Crippen LogP contribution is -2.51. The smallest absolute Gasteiger partial charge is 0.243 e. The van der Waals surface area contributed by atoms with Crippen molar-refractivity contribution in [2.75, 3.05) is 7.11 Å². The Labute approximate surface area is 196 Å². The van der Waals surface area contributed by atoms with Crippen LogP contribution in [-0.2, 0) is 22.6 Å². The van der Waals surface area contributed by atoms with Crippen LogP contribution in [0.5, 0.6) is 5.75 Å². The maximum absolute atomic E-state index is 13.4. The van der Waals surface area contributed by atoms with Crippen molar-refractivity contribution in [2.24, 2.45) is 0 Å². The number of rotatable bonds is 9. The van der Waals surface area contributed by atoms with Gasteiger partial charge in [0.15, 0.2) is 0 Å². The fourth-order valence-corrected chi connectivity index (χ4v) is 4.40. The number of carbonyl (C=O) groups excluding carboxylic acids is 2. The average Bonchev–Trinajstić information content (AvgIpc) is 2.81. The highest BCUT2D eigenvalue weighted by atomic mass is 35.5. The number of amides is 2. The Bertz CT molecular complexity index is 877. The van der Waals surface area contributed by atoms with Gasteiger partial charge in [-0.05, 0) is 54.7 Å². The summed E-state index contributed by atoms with van der Waals surface area (Å²) in [6.07, 6.45) is 6.33. The number of nitrogens with zero attached hydrogens (tertiary/aromatic N) is 1. The summed E-state index contributed by atoms with van der Waals surface area (Å²) in [6, 6.07) is 14.6. The van der Waals surface area contributed by atoms with Gasteiger partial charge >= 0.3 is 0 Å². The first-order valence-corrected chi connectivity index (χ1v) is 11.8. The number of methoxy groups -OCH3 is 1. The maximum atomic E-state index is 13.4. The highest BCUT2D eigenvalue weighted by molar-refractivity contribution is 6.30. The number of carbonyl (C=O) groups is 2. The van der Waals surface area contributed by atoms with Gasteiger partial charge in [0.1, 0.15) is 11.8 Å². The second kappa shape index (κ2) is 11.9. The third-order valence-corrected chi connectivity index (χ3v) is 6.37. The second-order valence-corrected chi connectivity index (χ2v) is 8.88. The number of nitrogens with one attached hydrogen (secondary N) is 1. The van der Waals surface area contributed by atoms with Gasteiger partial charge in [0.2, 0.25) is 11.8 Å². The number of hydrogen-bond donors (Lipinski definition) is 1. The largest absolute Gasteiger partial charge is 0.497 e. The Morgan fingerprint density at radius 2 is 1.66 bits per heavy atom. The van der Waals surface area contributed by atoms with E-state index in [0.29, 0.717) is 18.0 Å². The third kappa shape index (κ3) is 6.73. The van der Waals surface area contributed by atoms with E-state index in [2.05, 4.69) is 5.32 Å². The molecule has 3 rings (SSSR count). The molecule has 0 heterocycles. The fourth-order valence-electron chi connectivity index (χ4n) is 4.27. The molecular formula is C26H33ClN2O3. The zero-order valence-electron chi connectivity index (χ0n) is 19.0. The summed E-state index contributed by atoms with van der Waals surface area (Å²) in [5.41, 5.74) is 1.83. The lowest BCUT2D eigenvalue weighted by molar-refractivity contribution is -0.141. The zero-order chi connectivity index (χ0) is 22.9. The Morgan fingerprint density at radius 1 is 1.03 bits per heavy atom. The van der Waals surface area contributed by atoms with Crippen LogP contribution in [0.1, 0.15) is 56.6 Å². The normalized spacial score (nSPS) is 15.1. The summed E-state index contributed by atoms with van der Waals surface area (Å²) in [7, 11) is 1.62. The second-order valence-electron chi connectivity index (χ2n) is 8.44. The first kappa shape index (κ1) is 24.1. The van der Waals surface area contributed by atoms with Gasteiger partial charge in [-0.2, -0.15) is 0 Å². The molecule has 2 aromatic carbocycles. The highest BCUT2D eigenvalue weighted by Crippen LogP contribution is 2.21. The highest BCUT2D eigenvalue weighted by Gasteiger charge is 2.30. The average molecular weight is 457 g/mol. The molecule has 6 heteroatoms. The van der Waals surface area contributed by atoms with Crippen molar-refractivity contribution in [2.45, 2.75) is 70.5 Å². The molecule has 0 aliphatic heterocycles. The molecule has 1 N–H and O–H groups in total. The molecule has 1 atom stereocenters. The zero-order valence-corrected chi connectivity index (χ0v) is 19.7. The molecule has 172 valence electrons. The first-order chi connectivity index (χ1) is 15.5. The molecule has 0 radical (unpaired) electrons. The van der Waals surface area contributed by atoms with Gasteiger partial charge in [-0.15, -0.1) is 0 Å². The summed E-state index contributed by atoms with van der Waals surface area (Å²) < 4.78 is 5.25. The van der Waals surface area contributed by atoms with Gasteiger partial charge in [-0.1, -0.05) is 62.1 Å². The van der Waals surface area contributed by atoms with Crippen LogP contribution >= 0.6 is 11.6 Å². The van der Waals surface area contributed by atoms with E-state index in [-0.39, 0.29) is 24.3 Å². The van der Waals surface area contributed by atoms with Crippen molar-refractivity contribution in [1.82, 2.24) is 10.2 Å². The molecule has 0 unspecified atom stereocenters. The lowest BCUT2D eigenvalue weighted by Gasteiger charge is -2.33. The molecule has 0 spiro atoms. The molecule has 1 aliphatic rings. The Morgan fingerprint density at radius 3 is 2.25 bits per heavy atom. The predicted octanol–water partition coefficient (Wildman–Crippen LogP) is 5.15. The standard InChI is InChI=1S/C26H33ClN2O3/c1-3-24(26(31)28-22-7-5-4-6-8-22)29(18-20-11-15-23(32-2)16-12-20)25(30)17-19-9-13-21(27)14-10-19/h9-16,22,24H,3-8,17-18H2,1-2H3,(H,28,31)/t24-/m1/s1. The molecule has 2 aromatic rings. The molecule has 1 aliphatic carbocycles. The number of halogens is 1. The van der Waals surface area contributed by atoms with Gasteiger partial charge < -0.3 is 15.0 Å². The van der Waals surface area contributed by atoms with E-state index in [4.69, 9.17) is 16.3 Å². The van der Waals surface area contributed by atoms with E-state index in [1.165, 1.54) is 6.42 Å². The van der Waals surface area contributed by atoms with Gasteiger partial charge in [0, 0.05) is 17.6 Å². The van der Waals surface area contributed by atoms with Gasteiger partial charge in [-0.25, -0.2) is 0 Å². The molecule has 2 amide bonds. The summed E-state index contributed by atoms with van der Waals surface area (Å²) in [6.45, 7) is 2.33. The maximum Gasteiger partial charge on any atom is 0.243 e. The summed E-state index contributed by atoms with van der Waals surface area (Å²) in [4.78, 5) is 28.4. The number of benzene rings is 2. The van der Waals surface area contributed by atoms with Gasteiger partial charge in [0.05, 0.1) is 13.5 Å². The first-order valence-electron chi connectivity index (χ1n) is 11.5. The summed E-state index contributed by atoms with van der Waals surface area (Å²) in [5.74, 6) is 0.626. The van der Waals surface area contributed by atoms with Crippen LogP contribution in [0.25, 0.3) is 0 Å². The Hall–Kier alpha value is -2.53. The summed E-state index contributed by atoms with van der Waals surface area (Å²) >= 11 is 5.99. The van der Waals surface area contributed by atoms with Crippen molar-refractivity contribution in [3.8, 4) is 5.75 Å². The minimum Gasteiger partial charge on any atom is -0.497 e. The van der Waals surface area contributed by atoms with Crippen LogP contribution in [0.3, 0.4) is 0 Å². The van der Waals surface area contributed by atoms with Crippen LogP contribution in [0, 0.1) is 0 Å². The van der Waals surface area contributed by atoms with Crippen LogP contribution in [0.2, 0.25) is 5.02 Å². The van der Waals surface area contributed by atoms with Crippen LogP contribution in [0.4, 0.5) is 0 Å². The predicted molar refractivity (Wildman–Crippen MR) is 128 cm³/mol. The van der Waals surface area contributed by atoms with Crippen molar-refractivity contribution < 1.29 is 14.3 Å². The molecule has 1 fully saturated rings. The van der Waals surface area contributed by atoms with E-state index < -0.39 is 6.04 Å². The van der Waals surface area contributed by atoms with Gasteiger partial charge in [-0.3, -0.25) is 9.59 Å². The van der Waals surface area contributed by atoms with E-state index >= 15 is 0 Å². The summed E-state index contributed by atoms with van der Waals surface area (Å²) in [5, 5.41) is 3.84. The number of hydrogen-bond acceptors (Lipinski definition) is 3. The van der Waals surface area contributed by atoms with Gasteiger partial charge in [0.25, 0.3) is 0 Å². The molecule has 32 heavy (non-hydrogen) atoms. The molecule has 0 saturated heterocycles. The Balaban J connectivity index is 1.79. The number of ether oxygens (including phenoxy) is 1.